The average molecular weight is 354 g/mol. The summed E-state index contributed by atoms with van der Waals surface area (Å²) in [5, 5.41) is 16.4. The third-order valence-corrected chi connectivity index (χ3v) is 4.40. The van der Waals surface area contributed by atoms with Crippen molar-refractivity contribution < 1.29 is 19.1 Å². The number of aryl methyl sites for hydroxylation is 1. The monoisotopic (exact) mass is 354 g/mol. The number of oxazole rings is 1. The van der Waals surface area contributed by atoms with Gasteiger partial charge in [-0.25, -0.2) is 9.78 Å². The molecule has 0 bridgehead atoms. The van der Waals surface area contributed by atoms with E-state index in [9.17, 15) is 14.7 Å². The largest absolute Gasteiger partial charge is 0.480 e. The molecule has 1 aliphatic carbocycles. The molecule has 26 heavy (non-hydrogen) atoms. The number of aliphatic carboxylic acids is 1. The van der Waals surface area contributed by atoms with Crippen molar-refractivity contribution in [1.82, 2.24) is 20.1 Å². The zero-order valence-corrected chi connectivity index (χ0v) is 14.2. The predicted octanol–water partition coefficient (Wildman–Crippen LogP) is 2.09. The van der Waals surface area contributed by atoms with Crippen molar-refractivity contribution in [1.29, 1.82) is 0 Å². The second-order valence-corrected chi connectivity index (χ2v) is 6.48. The van der Waals surface area contributed by atoms with Gasteiger partial charge in [-0.2, -0.15) is 5.10 Å². The van der Waals surface area contributed by atoms with E-state index in [4.69, 9.17) is 4.42 Å². The third kappa shape index (κ3) is 3.17. The number of amides is 1. The predicted molar refractivity (Wildman–Crippen MR) is 91.8 cm³/mol. The van der Waals surface area contributed by atoms with Gasteiger partial charge in [0.1, 0.15) is 11.6 Å². The van der Waals surface area contributed by atoms with Crippen molar-refractivity contribution in [3.8, 4) is 0 Å². The molecule has 1 atom stereocenters. The summed E-state index contributed by atoms with van der Waals surface area (Å²) >= 11 is 0. The first kappa shape index (κ1) is 16.3. The van der Waals surface area contributed by atoms with Gasteiger partial charge in [-0.05, 0) is 31.9 Å². The molecule has 0 aliphatic heterocycles. The number of nitrogens with zero attached hydrogens (tertiary/aromatic N) is 3. The number of hydrogen-bond acceptors (Lipinski definition) is 5. The number of hydrogen-bond donors (Lipinski definition) is 2. The Balaban J connectivity index is 1.51. The zero-order valence-electron chi connectivity index (χ0n) is 14.2. The van der Waals surface area contributed by atoms with Gasteiger partial charge in [0.05, 0.1) is 23.7 Å². The molecule has 134 valence electrons. The van der Waals surface area contributed by atoms with Crippen LogP contribution in [0.2, 0.25) is 0 Å². The highest BCUT2D eigenvalue weighted by Crippen LogP contribution is 2.34. The molecule has 2 heterocycles. The lowest BCUT2D eigenvalue weighted by Crippen LogP contribution is -2.42. The minimum Gasteiger partial charge on any atom is -0.480 e. The molecular formula is C18H18N4O4. The Morgan fingerprint density at radius 2 is 2.15 bits per heavy atom. The fourth-order valence-corrected chi connectivity index (χ4v) is 2.85. The van der Waals surface area contributed by atoms with Crippen molar-refractivity contribution in [3.05, 3.63) is 47.6 Å². The quantitative estimate of drug-likeness (QED) is 0.701. The van der Waals surface area contributed by atoms with Crippen LogP contribution in [0.4, 0.5) is 0 Å². The van der Waals surface area contributed by atoms with E-state index in [0.717, 1.165) is 12.8 Å². The highest BCUT2D eigenvalue weighted by molar-refractivity contribution is 5.97. The van der Waals surface area contributed by atoms with Crippen LogP contribution in [0.3, 0.4) is 0 Å². The summed E-state index contributed by atoms with van der Waals surface area (Å²) in [4.78, 5) is 28.4. The topological polar surface area (TPSA) is 110 Å². The van der Waals surface area contributed by atoms with Crippen LogP contribution in [0, 0.1) is 6.92 Å². The van der Waals surface area contributed by atoms with Crippen molar-refractivity contribution in [2.75, 3.05) is 0 Å². The van der Waals surface area contributed by atoms with E-state index >= 15 is 0 Å². The lowest BCUT2D eigenvalue weighted by atomic mass is 10.1. The third-order valence-electron chi connectivity index (χ3n) is 4.40. The smallest absolute Gasteiger partial charge is 0.326 e. The van der Waals surface area contributed by atoms with E-state index in [-0.39, 0.29) is 12.3 Å². The maximum Gasteiger partial charge on any atom is 0.326 e. The maximum atomic E-state index is 12.5. The first-order chi connectivity index (χ1) is 12.5. The Morgan fingerprint density at radius 3 is 2.85 bits per heavy atom. The van der Waals surface area contributed by atoms with Crippen LogP contribution in [0.15, 0.2) is 34.9 Å². The molecule has 1 unspecified atom stereocenters. The van der Waals surface area contributed by atoms with Crippen LogP contribution < -0.4 is 5.32 Å². The number of carboxylic acid groups (broad SMARTS) is 1. The Bertz CT molecular complexity index is 953. The highest BCUT2D eigenvalue weighted by Gasteiger charge is 2.28. The van der Waals surface area contributed by atoms with Gasteiger partial charge in [0.2, 0.25) is 0 Å². The molecule has 4 rings (SSSR count). The standard InChI is InChI=1S/C18H18N4O4/c1-10-12(9-22(21-10)11-6-7-11)17(23)20-14(18(24)25)8-16-19-13-4-2-3-5-15(13)26-16/h2-5,9,11,14H,6-8H2,1H3,(H,20,23)(H,24,25). The van der Waals surface area contributed by atoms with Gasteiger partial charge in [-0.1, -0.05) is 12.1 Å². The first-order valence-corrected chi connectivity index (χ1v) is 8.45. The van der Waals surface area contributed by atoms with Crippen molar-refractivity contribution in [3.63, 3.8) is 0 Å². The minimum atomic E-state index is -1.15. The van der Waals surface area contributed by atoms with Crippen molar-refractivity contribution in [2.24, 2.45) is 0 Å². The molecular weight excluding hydrogens is 336 g/mol. The first-order valence-electron chi connectivity index (χ1n) is 8.45. The highest BCUT2D eigenvalue weighted by atomic mass is 16.4. The number of benzene rings is 1. The second kappa shape index (κ2) is 6.29. The number of aromatic nitrogens is 3. The van der Waals surface area contributed by atoms with Gasteiger partial charge < -0.3 is 14.8 Å². The van der Waals surface area contributed by atoms with Crippen LogP contribution >= 0.6 is 0 Å². The van der Waals surface area contributed by atoms with E-state index < -0.39 is 17.9 Å². The van der Waals surface area contributed by atoms with Gasteiger partial charge in [-0.15, -0.1) is 0 Å². The van der Waals surface area contributed by atoms with E-state index in [0.29, 0.717) is 28.4 Å². The molecule has 8 heteroatoms. The summed E-state index contributed by atoms with van der Waals surface area (Å²) < 4.78 is 7.34. The number of rotatable bonds is 6. The number of carboxylic acids is 1. The van der Waals surface area contributed by atoms with E-state index in [1.165, 1.54) is 0 Å². The van der Waals surface area contributed by atoms with Crippen LogP contribution in [-0.2, 0) is 11.2 Å². The minimum absolute atomic E-state index is 0.0361. The molecule has 1 saturated carbocycles. The Kier molecular flexibility index (Phi) is 3.95. The zero-order chi connectivity index (χ0) is 18.3. The van der Waals surface area contributed by atoms with Crippen molar-refractivity contribution >= 4 is 23.0 Å². The summed E-state index contributed by atoms with van der Waals surface area (Å²) in [5.41, 5.74) is 2.21. The summed E-state index contributed by atoms with van der Waals surface area (Å²) in [6.45, 7) is 1.74. The van der Waals surface area contributed by atoms with Gasteiger partial charge >= 0.3 is 5.97 Å². The molecule has 1 amide bonds. The molecule has 0 radical (unpaired) electrons. The Morgan fingerprint density at radius 1 is 1.38 bits per heavy atom. The van der Waals surface area contributed by atoms with Crippen LogP contribution in [0.1, 0.15) is 40.8 Å². The summed E-state index contributed by atoms with van der Waals surface area (Å²) in [7, 11) is 0. The molecule has 1 aliphatic rings. The van der Waals surface area contributed by atoms with E-state index in [1.807, 2.05) is 12.1 Å². The number of fused-ring (bicyclic) bond motifs is 1. The van der Waals surface area contributed by atoms with Crippen LogP contribution in [0.5, 0.6) is 0 Å². The maximum absolute atomic E-state index is 12.5. The number of nitrogens with one attached hydrogen (secondary N) is 1. The summed E-state index contributed by atoms with van der Waals surface area (Å²) in [5.74, 6) is -1.34. The van der Waals surface area contributed by atoms with Gasteiger partial charge in [0.15, 0.2) is 11.5 Å². The Hall–Kier alpha value is -3.16. The van der Waals surface area contributed by atoms with Gasteiger partial charge in [-0.3, -0.25) is 9.48 Å². The molecule has 1 aromatic carbocycles. The fourth-order valence-electron chi connectivity index (χ4n) is 2.85. The molecule has 2 aromatic heterocycles. The molecule has 0 saturated heterocycles. The summed E-state index contributed by atoms with van der Waals surface area (Å²) in [6, 6.07) is 6.39. The lowest BCUT2D eigenvalue weighted by Gasteiger charge is -2.12. The Labute approximate surface area is 148 Å². The van der Waals surface area contributed by atoms with Crippen molar-refractivity contribution in [2.45, 2.75) is 38.3 Å². The normalized spacial score (nSPS) is 15.1. The molecule has 3 aromatic rings. The van der Waals surface area contributed by atoms with Gasteiger partial charge in [0, 0.05) is 6.20 Å². The van der Waals surface area contributed by atoms with Gasteiger partial charge in [0.25, 0.3) is 5.91 Å². The molecule has 2 N–H and O–H groups in total. The fraction of sp³-hybridized carbons (Fsp3) is 0.333. The van der Waals surface area contributed by atoms with E-state index in [2.05, 4.69) is 15.4 Å². The number of carbonyl (C=O) groups is 2. The van der Waals surface area contributed by atoms with E-state index in [1.54, 1.807) is 29.9 Å². The number of para-hydroxylation sites is 2. The summed E-state index contributed by atoms with van der Waals surface area (Å²) in [6.07, 6.45) is 3.75. The molecule has 8 nitrogen and oxygen atoms in total. The van der Waals surface area contributed by atoms with Crippen LogP contribution in [0.25, 0.3) is 11.1 Å². The average Bonchev–Trinajstić information content (AvgIpc) is 3.26. The van der Waals surface area contributed by atoms with Crippen LogP contribution in [-0.4, -0.2) is 37.8 Å². The second-order valence-electron chi connectivity index (χ2n) is 6.48. The lowest BCUT2D eigenvalue weighted by molar-refractivity contribution is -0.139. The number of carbonyl (C=O) groups excluding carboxylic acids is 1. The molecule has 1 fully saturated rings. The molecule has 0 spiro atoms. The SMILES string of the molecule is Cc1nn(C2CC2)cc1C(=O)NC(Cc1nc2ccccc2o1)C(=O)O.